The maximum absolute atomic E-state index is 12.5. The molecule has 0 atom stereocenters. The summed E-state index contributed by atoms with van der Waals surface area (Å²) in [6.07, 6.45) is 2.24. The van der Waals surface area contributed by atoms with Gasteiger partial charge in [-0.25, -0.2) is 4.63 Å². The lowest BCUT2D eigenvalue weighted by Crippen LogP contribution is -2.19. The molecular weight excluding hydrogens is 374 g/mol. The Bertz CT molecular complexity index is 805. The van der Waals surface area contributed by atoms with Crippen LogP contribution in [0, 0.1) is 0 Å². The fourth-order valence-corrected chi connectivity index (χ4v) is 2.42. The lowest BCUT2D eigenvalue weighted by atomic mass is 9.99. The van der Waals surface area contributed by atoms with Gasteiger partial charge in [-0.15, -0.1) is 8.78 Å². The number of alkyl halides is 3. The first-order valence-electron chi connectivity index (χ1n) is 7.57. The van der Waals surface area contributed by atoms with Crippen molar-refractivity contribution in [3.05, 3.63) is 35.7 Å². The van der Waals surface area contributed by atoms with Crippen LogP contribution >= 0.6 is 11.6 Å². The van der Waals surface area contributed by atoms with Crippen LogP contribution in [0.25, 0.3) is 0 Å². The predicted octanol–water partition coefficient (Wildman–Crippen LogP) is 2.93. The smallest absolute Gasteiger partial charge is 0.420 e. The Morgan fingerprint density at radius 2 is 2.08 bits per heavy atom. The molecule has 0 radical (unpaired) electrons. The number of aromatic nitrogens is 2. The molecule has 138 valence electrons. The van der Waals surface area contributed by atoms with Crippen LogP contribution in [0.3, 0.4) is 0 Å². The van der Waals surface area contributed by atoms with Gasteiger partial charge in [0, 0.05) is 17.3 Å². The van der Waals surface area contributed by atoms with Crippen LogP contribution in [0.1, 0.15) is 24.2 Å². The zero-order valence-corrected chi connectivity index (χ0v) is 14.0. The number of carbonyl (C=O) groups excluding carboxylic acids is 1. The van der Waals surface area contributed by atoms with Crippen molar-refractivity contribution in [1.29, 1.82) is 0 Å². The number of benzene rings is 1. The van der Waals surface area contributed by atoms with E-state index in [0.717, 1.165) is 12.8 Å². The molecule has 0 bridgehead atoms. The van der Waals surface area contributed by atoms with E-state index in [0.29, 0.717) is 29.2 Å². The van der Waals surface area contributed by atoms with E-state index in [1.54, 1.807) is 0 Å². The Kier molecular flexibility index (Phi) is 5.31. The number of hydrogen-bond acceptors (Lipinski definition) is 7. The molecule has 0 spiro atoms. The third-order valence-electron chi connectivity index (χ3n) is 3.40. The SMILES string of the molecule is O=C(CO/N=C1/CCCc2nonc21)Nc1ccc(OC(F)(F)Cl)cc1. The Hall–Kier alpha value is -2.75. The van der Waals surface area contributed by atoms with Crippen LogP contribution in [0.4, 0.5) is 14.5 Å². The summed E-state index contributed by atoms with van der Waals surface area (Å²) in [5.41, 5.74) is -1.59. The molecule has 0 unspecified atom stereocenters. The average molecular weight is 387 g/mol. The fraction of sp³-hybridized carbons (Fsp3) is 0.333. The van der Waals surface area contributed by atoms with E-state index in [-0.39, 0.29) is 12.4 Å². The third kappa shape index (κ3) is 4.88. The van der Waals surface area contributed by atoms with Crippen molar-refractivity contribution in [2.45, 2.75) is 24.8 Å². The Morgan fingerprint density at radius 3 is 2.81 bits per heavy atom. The maximum atomic E-state index is 12.5. The van der Waals surface area contributed by atoms with E-state index in [4.69, 9.17) is 4.84 Å². The molecule has 0 fully saturated rings. The first-order valence-corrected chi connectivity index (χ1v) is 7.95. The van der Waals surface area contributed by atoms with Gasteiger partial charge in [-0.3, -0.25) is 4.79 Å². The molecule has 0 saturated heterocycles. The standard InChI is InChI=1S/C15H13ClF2N4O4/c16-15(17,18)25-10-6-4-9(5-7-10)19-13(23)8-24-20-11-2-1-3-12-14(11)22-26-21-12/h4-7H,1-3,8H2,(H,19,23)/b20-11-. The second-order valence-electron chi connectivity index (χ2n) is 5.34. The second-order valence-corrected chi connectivity index (χ2v) is 5.78. The summed E-state index contributed by atoms with van der Waals surface area (Å²) >= 11 is 4.67. The number of oxime groups is 1. The van der Waals surface area contributed by atoms with Crippen LogP contribution in [0.2, 0.25) is 0 Å². The van der Waals surface area contributed by atoms with Crippen molar-refractivity contribution < 1.29 is 27.8 Å². The molecule has 1 N–H and O–H groups in total. The number of anilines is 1. The van der Waals surface area contributed by atoms with E-state index < -0.39 is 11.5 Å². The summed E-state index contributed by atoms with van der Waals surface area (Å²) in [5, 5.41) is 14.0. The summed E-state index contributed by atoms with van der Waals surface area (Å²) in [6.45, 7) is -0.331. The summed E-state index contributed by atoms with van der Waals surface area (Å²) < 4.78 is 33.9. The van der Waals surface area contributed by atoms with Crippen molar-refractivity contribution in [3.8, 4) is 5.75 Å². The Balaban J connectivity index is 1.50. The minimum Gasteiger partial charge on any atom is -0.420 e. The number of fused-ring (bicyclic) bond motifs is 1. The highest BCUT2D eigenvalue weighted by atomic mass is 35.5. The average Bonchev–Trinajstić information content (AvgIpc) is 3.05. The molecular formula is C15H13ClF2N4O4. The zero-order chi connectivity index (χ0) is 18.6. The molecule has 1 heterocycles. The minimum atomic E-state index is -3.80. The van der Waals surface area contributed by atoms with E-state index in [9.17, 15) is 13.6 Å². The van der Waals surface area contributed by atoms with Gasteiger partial charge >= 0.3 is 5.57 Å². The summed E-state index contributed by atoms with van der Waals surface area (Å²) in [6, 6.07) is 5.26. The number of nitrogens with one attached hydrogen (secondary N) is 1. The Labute approximate surface area is 151 Å². The molecule has 2 aromatic rings. The largest absolute Gasteiger partial charge is 0.487 e. The molecule has 1 aliphatic carbocycles. The molecule has 3 rings (SSSR count). The van der Waals surface area contributed by atoms with E-state index in [1.807, 2.05) is 0 Å². The third-order valence-corrected chi connectivity index (χ3v) is 3.48. The van der Waals surface area contributed by atoms with Crippen LogP contribution < -0.4 is 10.1 Å². The first-order chi connectivity index (χ1) is 12.4. The van der Waals surface area contributed by atoms with Crippen LogP contribution in [-0.4, -0.2) is 34.1 Å². The van der Waals surface area contributed by atoms with Gasteiger partial charge in [-0.2, -0.15) is 0 Å². The summed E-state index contributed by atoms with van der Waals surface area (Å²) in [5.74, 6) is -0.611. The van der Waals surface area contributed by atoms with Crippen molar-refractivity contribution in [2.75, 3.05) is 11.9 Å². The van der Waals surface area contributed by atoms with Crippen LogP contribution in [0.5, 0.6) is 5.75 Å². The van der Waals surface area contributed by atoms with E-state index >= 15 is 0 Å². The molecule has 1 aliphatic rings. The van der Waals surface area contributed by atoms with Crippen molar-refractivity contribution in [1.82, 2.24) is 10.3 Å². The number of aryl methyl sites for hydroxylation is 1. The Morgan fingerprint density at radius 1 is 1.31 bits per heavy atom. The van der Waals surface area contributed by atoms with Crippen LogP contribution in [-0.2, 0) is 16.1 Å². The van der Waals surface area contributed by atoms with Crippen molar-refractivity contribution in [3.63, 3.8) is 0 Å². The lowest BCUT2D eigenvalue weighted by Gasteiger charge is -2.11. The van der Waals surface area contributed by atoms with Gasteiger partial charge in [0.25, 0.3) is 5.91 Å². The first kappa shape index (κ1) is 18.1. The van der Waals surface area contributed by atoms with Gasteiger partial charge in [0.05, 0.1) is 0 Å². The molecule has 11 heteroatoms. The number of rotatable bonds is 6. The zero-order valence-electron chi connectivity index (χ0n) is 13.2. The lowest BCUT2D eigenvalue weighted by molar-refractivity contribution is -0.120. The molecule has 0 saturated carbocycles. The number of amides is 1. The van der Waals surface area contributed by atoms with Crippen molar-refractivity contribution >= 4 is 28.9 Å². The molecule has 8 nitrogen and oxygen atoms in total. The predicted molar refractivity (Wildman–Crippen MR) is 86.2 cm³/mol. The van der Waals surface area contributed by atoms with Gasteiger partial charge in [0.2, 0.25) is 0 Å². The highest BCUT2D eigenvalue weighted by Gasteiger charge is 2.27. The number of halogens is 3. The summed E-state index contributed by atoms with van der Waals surface area (Å²) in [7, 11) is 0. The van der Waals surface area contributed by atoms with Gasteiger partial charge in [-0.05, 0) is 48.7 Å². The second kappa shape index (κ2) is 7.65. The fourth-order valence-electron chi connectivity index (χ4n) is 2.33. The quantitative estimate of drug-likeness (QED) is 0.605. The number of hydrogen-bond donors (Lipinski definition) is 1. The van der Waals surface area contributed by atoms with Gasteiger partial charge in [-0.1, -0.05) is 10.3 Å². The normalized spacial score (nSPS) is 15.4. The highest BCUT2D eigenvalue weighted by molar-refractivity contribution is 6.20. The topological polar surface area (TPSA) is 98.8 Å². The minimum absolute atomic E-state index is 0.139. The molecule has 26 heavy (non-hydrogen) atoms. The molecule has 0 aliphatic heterocycles. The monoisotopic (exact) mass is 386 g/mol. The van der Waals surface area contributed by atoms with E-state index in [1.165, 1.54) is 24.3 Å². The maximum Gasteiger partial charge on any atom is 0.487 e. The van der Waals surface area contributed by atoms with Gasteiger partial charge < -0.3 is 14.9 Å². The molecule has 1 amide bonds. The number of ether oxygens (including phenoxy) is 1. The highest BCUT2D eigenvalue weighted by Crippen LogP contribution is 2.26. The molecule has 1 aromatic carbocycles. The molecule has 1 aromatic heterocycles. The number of carbonyl (C=O) groups is 1. The van der Waals surface area contributed by atoms with Gasteiger partial charge in [0.1, 0.15) is 17.2 Å². The van der Waals surface area contributed by atoms with Crippen molar-refractivity contribution in [2.24, 2.45) is 5.16 Å². The number of nitrogens with zero attached hydrogens (tertiary/aromatic N) is 3. The van der Waals surface area contributed by atoms with Gasteiger partial charge in [0.15, 0.2) is 12.3 Å². The summed E-state index contributed by atoms with van der Waals surface area (Å²) in [4.78, 5) is 16.9. The van der Waals surface area contributed by atoms with Crippen LogP contribution in [0.15, 0.2) is 34.1 Å². The van der Waals surface area contributed by atoms with E-state index in [2.05, 4.69) is 41.8 Å².